The molecule has 93 heavy (non-hydrogen) atoms. The minimum Gasteiger partial charge on any atom is -0.790 e. The van der Waals surface area contributed by atoms with Crippen LogP contribution in [0.5, 0.6) is 0 Å². The molecule has 2 heterocycles. The number of ketones is 1. The number of nitrogens with one attached hydrogen (secondary N) is 2. The second kappa shape index (κ2) is 63.9. The summed E-state index contributed by atoms with van der Waals surface area (Å²) in [6.07, 6.45) is 28.0. The van der Waals surface area contributed by atoms with Crippen molar-refractivity contribution >= 4 is 33.2 Å². The van der Waals surface area contributed by atoms with Crippen LogP contribution in [0.25, 0.3) is 0 Å². The van der Waals surface area contributed by atoms with Crippen LogP contribution >= 0.6 is 15.6 Å². The van der Waals surface area contributed by atoms with Gasteiger partial charge >= 0.3 is 118 Å². The molecule has 1 unspecified atom stereocenters. The zero-order valence-corrected chi connectivity index (χ0v) is 69.6. The number of phosphoric ester groups is 2. The van der Waals surface area contributed by atoms with E-state index in [-0.39, 0.29) is 163 Å². The number of carbonyl (C=O) groups is 3. The number of amides is 2. The molecule has 0 saturated carbocycles. The van der Waals surface area contributed by atoms with Gasteiger partial charge in [-0.3, -0.25) is 14.4 Å². The van der Waals surface area contributed by atoms with Crippen LogP contribution in [-0.2, 0) is 65.7 Å². The Balaban J connectivity index is -0.0000202. The number of hydrogen-bond acceptors (Lipinski definition) is 19. The number of methoxy groups -OCH3 is 2. The van der Waals surface area contributed by atoms with E-state index in [0.29, 0.717) is 25.7 Å². The Morgan fingerprint density at radius 3 is 1.41 bits per heavy atom. The maximum atomic E-state index is 14.1. The van der Waals surface area contributed by atoms with Crippen LogP contribution in [0, 0.1) is 0 Å². The first-order chi connectivity index (χ1) is 42.9. The number of allylic oxidation sites excluding steroid dienone is 2. The van der Waals surface area contributed by atoms with E-state index in [1.807, 2.05) is 0 Å². The van der Waals surface area contributed by atoms with Gasteiger partial charge in [-0.15, -0.1) is 0 Å². The molecule has 0 aliphatic carbocycles. The number of Topliss-reactive ketones (excluding diaryl/α,β-unsaturated/α-hetero) is 1. The van der Waals surface area contributed by atoms with Crippen molar-refractivity contribution in [3.8, 4) is 0 Å². The molecule has 27 heteroatoms. The molecule has 2 amide bonds. The second-order valence-electron chi connectivity index (χ2n) is 24.7. The molecule has 2 rings (SSSR count). The third-order valence-electron chi connectivity index (χ3n) is 16.8. The number of phosphoric acid groups is 2. The Bertz CT molecular complexity index is 1920. The first-order valence-corrected chi connectivity index (χ1v) is 37.9. The molecule has 0 spiro atoms. The van der Waals surface area contributed by atoms with Crippen molar-refractivity contribution in [1.82, 2.24) is 10.6 Å². The van der Waals surface area contributed by atoms with Gasteiger partial charge in [0.15, 0.2) is 12.6 Å². The maximum Gasteiger partial charge on any atom is 1.00 e. The van der Waals surface area contributed by atoms with Crippen molar-refractivity contribution in [2.45, 2.75) is 352 Å². The van der Waals surface area contributed by atoms with Crippen molar-refractivity contribution in [2.75, 3.05) is 40.6 Å². The summed E-state index contributed by atoms with van der Waals surface area (Å²) in [7, 11) is -8.77. The number of rotatable bonds is 59. The maximum absolute atomic E-state index is 14.1. The zero-order valence-electron chi connectivity index (χ0n) is 59.8. The quantitative estimate of drug-likeness (QED) is 0.0219. The van der Waals surface area contributed by atoms with E-state index < -0.39 is 102 Å². The molecule has 3 N–H and O–H groups in total. The summed E-state index contributed by atoms with van der Waals surface area (Å²) in [5, 5.41) is 17.7. The summed E-state index contributed by atoms with van der Waals surface area (Å²) in [5.41, 5.74) is 0. The standard InChI is InChI=1S/C66H126N2O19P2.4Na/c1-7-11-15-19-22-25-26-27-28-29-30-32-34-38-42-46-57(70)67-60-64(82-49-47-54(80-6)45-41-36-18-14-10-4)62(86-88(73,74)75)56(51-79-5)85-65(60)83-52-55-61(72)63(81-48-43-39-35-24-21-17-13-9-3)59(66(84-55)87-89(76,77)78)68-58(71)50-53(69)44-40-37-33-31-23-20-16-12-8-2;;;;/h25-26,54-56,59-66,72H,7-24,27-52H2,1-6H3,(H,67,70)(H,68,71)(H2,73,74,75)(H2,76,77,78);;;;/q;4*+1/p-4/b26-25-;;;;/t54-,55-,56-,59-,60-,61-,62-,63-,64-,65?,66-;;;;/m1..../s1. The van der Waals surface area contributed by atoms with Gasteiger partial charge in [0.2, 0.25) is 11.8 Å². The van der Waals surface area contributed by atoms with Gasteiger partial charge in [0.25, 0.3) is 0 Å². The van der Waals surface area contributed by atoms with E-state index in [4.69, 9.17) is 42.2 Å². The van der Waals surface area contributed by atoms with Crippen LogP contribution in [-0.4, -0.2) is 131 Å². The summed E-state index contributed by atoms with van der Waals surface area (Å²) in [5.74, 6) is -1.64. The van der Waals surface area contributed by atoms with Gasteiger partial charge < -0.3 is 86.6 Å². The molecule has 2 saturated heterocycles. The average Bonchev–Trinajstić information content (AvgIpc) is 0.798. The van der Waals surface area contributed by atoms with Crippen LogP contribution in [0.1, 0.15) is 285 Å². The molecule has 0 radical (unpaired) electrons. The third-order valence-corrected chi connectivity index (χ3v) is 17.8. The monoisotopic (exact) mass is 1400 g/mol. The minimum absolute atomic E-state index is 0. The number of aliphatic hydroxyl groups is 1. The Kier molecular flexibility index (Phi) is 68.3. The van der Waals surface area contributed by atoms with Gasteiger partial charge in [-0.1, -0.05) is 220 Å². The molecule has 21 nitrogen and oxygen atoms in total. The fourth-order valence-corrected chi connectivity index (χ4v) is 12.7. The second-order valence-corrected chi connectivity index (χ2v) is 27.0. The predicted molar refractivity (Wildman–Crippen MR) is 338 cm³/mol. The summed E-state index contributed by atoms with van der Waals surface area (Å²) < 4.78 is 77.9. The normalized spacial score (nSPS) is 21.9. The molecule has 2 fully saturated rings. The molecule has 0 aromatic heterocycles. The van der Waals surface area contributed by atoms with Gasteiger partial charge in [0.05, 0.1) is 41.4 Å². The summed E-state index contributed by atoms with van der Waals surface area (Å²) in [6.45, 7) is 7.64. The Labute approximate surface area is 650 Å². The fraction of sp³-hybridized carbons (Fsp3) is 0.924. The van der Waals surface area contributed by atoms with E-state index in [0.717, 1.165) is 161 Å². The number of unbranched alkanes of at least 4 members (excludes halogenated alkanes) is 30. The fourth-order valence-electron chi connectivity index (χ4n) is 11.7. The minimum atomic E-state index is -5.90. The van der Waals surface area contributed by atoms with Gasteiger partial charge in [-0.25, -0.2) is 0 Å². The van der Waals surface area contributed by atoms with Gasteiger partial charge in [-0.2, -0.15) is 0 Å². The summed E-state index contributed by atoms with van der Waals surface area (Å²) in [4.78, 5) is 90.9. The van der Waals surface area contributed by atoms with Crippen LogP contribution in [0.4, 0.5) is 0 Å². The molecule has 0 aromatic rings. The van der Waals surface area contributed by atoms with Crippen LogP contribution in [0.2, 0.25) is 0 Å². The Morgan fingerprint density at radius 1 is 0.473 bits per heavy atom. The first-order valence-electron chi connectivity index (χ1n) is 34.9. The Morgan fingerprint density at radius 2 is 0.903 bits per heavy atom. The van der Waals surface area contributed by atoms with Crippen molar-refractivity contribution < 1.29 is 209 Å². The Hall–Kier alpha value is 2.25. The number of hydrogen-bond donors (Lipinski definition) is 3. The number of carbonyl (C=O) groups excluding carboxylic acids is 3. The summed E-state index contributed by atoms with van der Waals surface area (Å²) >= 11 is 0. The average molecular weight is 1400 g/mol. The molecular formula is C66H122N2Na4O19P2. The topological polar surface area (TPSA) is 305 Å². The van der Waals surface area contributed by atoms with E-state index in [9.17, 15) is 48.2 Å². The van der Waals surface area contributed by atoms with E-state index >= 15 is 0 Å². The van der Waals surface area contributed by atoms with Crippen molar-refractivity contribution in [3.63, 3.8) is 0 Å². The molecule has 0 bridgehead atoms. The van der Waals surface area contributed by atoms with Crippen LogP contribution < -0.4 is 148 Å². The van der Waals surface area contributed by atoms with Crippen molar-refractivity contribution in [2.24, 2.45) is 0 Å². The van der Waals surface area contributed by atoms with Gasteiger partial charge in [-0.05, 0) is 57.8 Å². The van der Waals surface area contributed by atoms with E-state index in [1.165, 1.54) is 58.5 Å². The SMILES string of the molecule is CCCCCC/C=C\CCCCCCCCCC(=O)N[C@H]1C(OC[C@H]2O[C@H](OP(=O)([O-])[O-])[C@H](NC(=O)CC(=O)CCCCCCCCCCC)[C@@H](OCCCCCCCCCC)[C@@H]2O)O[C@H](COC)[C@@H](OP(=O)([O-])[O-])[C@@H]1OCC[C@@H](CCCCCCC)OC.[Na+].[Na+].[Na+].[Na+]. The largest absolute Gasteiger partial charge is 1.00 e. The van der Waals surface area contributed by atoms with Crippen LogP contribution in [0.3, 0.4) is 0 Å². The molecule has 11 atom stereocenters. The molecule has 524 valence electrons. The molecular weight excluding hydrogens is 1280 g/mol. The van der Waals surface area contributed by atoms with E-state index in [2.05, 4.69) is 50.5 Å². The van der Waals surface area contributed by atoms with E-state index in [1.54, 1.807) is 7.11 Å². The van der Waals surface area contributed by atoms with Crippen molar-refractivity contribution in [1.29, 1.82) is 0 Å². The van der Waals surface area contributed by atoms with Crippen LogP contribution in [0.15, 0.2) is 12.2 Å². The van der Waals surface area contributed by atoms with Gasteiger partial charge in [0.1, 0.15) is 54.5 Å². The zero-order chi connectivity index (χ0) is 65.4. The first kappa shape index (κ1) is 99.4. The summed E-state index contributed by atoms with van der Waals surface area (Å²) in [6, 6.07) is -3.00. The number of aliphatic hydroxyl groups excluding tert-OH is 1. The predicted octanol–water partition coefficient (Wildman–Crippen LogP) is -0.901. The smallest absolute Gasteiger partial charge is 0.790 e. The third kappa shape index (κ3) is 50.3. The van der Waals surface area contributed by atoms with Gasteiger partial charge in [0, 0.05) is 40.3 Å². The van der Waals surface area contributed by atoms with Crippen molar-refractivity contribution in [3.05, 3.63) is 12.2 Å². The molecule has 2 aliphatic rings. The number of ether oxygens (including phenoxy) is 7. The molecule has 0 aromatic carbocycles. The molecule has 2 aliphatic heterocycles.